The lowest BCUT2D eigenvalue weighted by atomic mass is 10.4. The van der Waals surface area contributed by atoms with Gasteiger partial charge in [-0.1, -0.05) is 11.6 Å². The highest BCUT2D eigenvalue weighted by Gasteiger charge is 2.05. The van der Waals surface area contributed by atoms with Gasteiger partial charge in [-0.2, -0.15) is 0 Å². The molecule has 1 heterocycles. The van der Waals surface area contributed by atoms with Crippen LogP contribution in [0.4, 0.5) is 11.6 Å². The molecule has 1 aromatic heterocycles. The minimum Gasteiger partial charge on any atom is -0.382 e. The maximum absolute atomic E-state index is 10.2. The Labute approximate surface area is 67.4 Å². The summed E-state index contributed by atoms with van der Waals surface area (Å²) in [5.41, 5.74) is 10.5. The standard InChI is InChI=1S/C5H5ClN4O/c6-3-5(8)10-4(7)2(1-11)9-3/h1H,(H4,7,8,10). The van der Waals surface area contributed by atoms with E-state index in [9.17, 15) is 4.79 Å². The smallest absolute Gasteiger partial charge is 0.172 e. The molecule has 5 nitrogen and oxygen atoms in total. The van der Waals surface area contributed by atoms with Crippen LogP contribution in [-0.4, -0.2) is 16.3 Å². The number of carbonyl (C=O) groups is 1. The van der Waals surface area contributed by atoms with Crippen molar-refractivity contribution in [3.63, 3.8) is 0 Å². The molecular weight excluding hydrogens is 168 g/mol. The molecule has 0 aliphatic carbocycles. The average Bonchev–Trinajstić information content (AvgIpc) is 1.97. The Kier molecular flexibility index (Phi) is 1.91. The van der Waals surface area contributed by atoms with Crippen LogP contribution in [0, 0.1) is 0 Å². The molecule has 0 aliphatic heterocycles. The number of anilines is 2. The second kappa shape index (κ2) is 2.71. The van der Waals surface area contributed by atoms with Crippen molar-refractivity contribution in [3.05, 3.63) is 10.8 Å². The summed E-state index contributed by atoms with van der Waals surface area (Å²) in [5, 5.41) is -0.0127. The third kappa shape index (κ3) is 1.38. The first-order valence-electron chi connectivity index (χ1n) is 2.69. The van der Waals surface area contributed by atoms with Crippen LogP contribution in [0.15, 0.2) is 0 Å². The fourth-order valence-electron chi connectivity index (χ4n) is 0.540. The lowest BCUT2D eigenvalue weighted by molar-refractivity contribution is 0.111. The van der Waals surface area contributed by atoms with Gasteiger partial charge in [0.05, 0.1) is 0 Å². The fourth-order valence-corrected chi connectivity index (χ4v) is 0.674. The van der Waals surface area contributed by atoms with E-state index in [4.69, 9.17) is 23.1 Å². The Morgan fingerprint density at radius 3 is 2.45 bits per heavy atom. The summed E-state index contributed by atoms with van der Waals surface area (Å²) in [6, 6.07) is 0. The van der Waals surface area contributed by atoms with Gasteiger partial charge in [0.15, 0.2) is 23.1 Å². The number of hydrogen-bond acceptors (Lipinski definition) is 5. The molecule has 0 unspecified atom stereocenters. The van der Waals surface area contributed by atoms with Gasteiger partial charge in [-0.25, -0.2) is 9.97 Å². The molecule has 0 bridgehead atoms. The van der Waals surface area contributed by atoms with Crippen molar-refractivity contribution in [1.29, 1.82) is 0 Å². The van der Waals surface area contributed by atoms with Crippen molar-refractivity contribution in [3.8, 4) is 0 Å². The maximum atomic E-state index is 10.2. The van der Waals surface area contributed by atoms with Crippen molar-refractivity contribution in [2.24, 2.45) is 0 Å². The molecule has 0 fully saturated rings. The molecule has 0 saturated heterocycles. The van der Waals surface area contributed by atoms with E-state index in [0.29, 0.717) is 6.29 Å². The Hall–Kier alpha value is -1.36. The third-order valence-electron chi connectivity index (χ3n) is 1.04. The Bertz CT molecular complexity index is 301. The highest BCUT2D eigenvalue weighted by atomic mass is 35.5. The van der Waals surface area contributed by atoms with Crippen LogP contribution in [-0.2, 0) is 0 Å². The molecule has 0 aliphatic rings. The summed E-state index contributed by atoms with van der Waals surface area (Å²) >= 11 is 5.45. The van der Waals surface area contributed by atoms with Crippen LogP contribution < -0.4 is 11.5 Å². The number of halogens is 1. The van der Waals surface area contributed by atoms with Crippen molar-refractivity contribution in [2.45, 2.75) is 0 Å². The Balaban J connectivity index is 3.31. The predicted octanol–water partition coefficient (Wildman–Crippen LogP) is 0.107. The van der Waals surface area contributed by atoms with Crippen molar-refractivity contribution < 1.29 is 4.79 Å². The van der Waals surface area contributed by atoms with Gasteiger partial charge >= 0.3 is 0 Å². The molecule has 6 heteroatoms. The normalized spacial score (nSPS) is 9.55. The number of nitrogen functional groups attached to an aromatic ring is 2. The average molecular weight is 173 g/mol. The molecule has 0 radical (unpaired) electrons. The van der Waals surface area contributed by atoms with Gasteiger partial charge in [0, 0.05) is 0 Å². The summed E-state index contributed by atoms with van der Waals surface area (Å²) in [6.45, 7) is 0. The first kappa shape index (κ1) is 7.74. The van der Waals surface area contributed by atoms with Crippen LogP contribution in [0.3, 0.4) is 0 Å². The first-order valence-corrected chi connectivity index (χ1v) is 3.06. The zero-order valence-electron chi connectivity index (χ0n) is 5.41. The SMILES string of the molecule is Nc1nc(N)c(C=O)nc1Cl. The monoisotopic (exact) mass is 172 g/mol. The molecule has 0 spiro atoms. The molecule has 1 rings (SSSR count). The molecule has 11 heavy (non-hydrogen) atoms. The van der Waals surface area contributed by atoms with Crippen LogP contribution in [0.2, 0.25) is 5.15 Å². The second-order valence-electron chi connectivity index (χ2n) is 1.79. The summed E-state index contributed by atoms with van der Waals surface area (Å²) in [7, 11) is 0. The van der Waals surface area contributed by atoms with Gasteiger partial charge in [0.2, 0.25) is 0 Å². The third-order valence-corrected chi connectivity index (χ3v) is 1.32. The van der Waals surface area contributed by atoms with Crippen LogP contribution in [0.1, 0.15) is 10.5 Å². The molecule has 4 N–H and O–H groups in total. The topological polar surface area (TPSA) is 94.9 Å². The van der Waals surface area contributed by atoms with Crippen molar-refractivity contribution in [1.82, 2.24) is 9.97 Å². The zero-order valence-corrected chi connectivity index (χ0v) is 6.17. The molecule has 0 amide bonds. The van der Waals surface area contributed by atoms with E-state index in [1.165, 1.54) is 0 Å². The van der Waals surface area contributed by atoms with Gasteiger partial charge in [-0.3, -0.25) is 4.79 Å². The molecule has 1 aromatic rings. The lowest BCUT2D eigenvalue weighted by Gasteiger charge is -1.99. The first-order chi connectivity index (χ1) is 5.15. The van der Waals surface area contributed by atoms with E-state index in [1.807, 2.05) is 0 Å². The zero-order chi connectivity index (χ0) is 8.43. The number of hydrogen-bond donors (Lipinski definition) is 2. The predicted molar refractivity (Wildman–Crippen MR) is 41.3 cm³/mol. The van der Waals surface area contributed by atoms with E-state index in [-0.39, 0.29) is 22.5 Å². The number of rotatable bonds is 1. The summed E-state index contributed by atoms with van der Waals surface area (Å²) < 4.78 is 0. The highest BCUT2D eigenvalue weighted by Crippen LogP contribution is 2.15. The molecular formula is C5H5ClN4O. The quantitative estimate of drug-likeness (QED) is 0.586. The lowest BCUT2D eigenvalue weighted by Crippen LogP contribution is -2.04. The summed E-state index contributed by atoms with van der Waals surface area (Å²) in [6.07, 6.45) is 0.466. The van der Waals surface area contributed by atoms with Gasteiger partial charge in [-0.15, -0.1) is 0 Å². The minimum absolute atomic E-state index is 0.00389. The molecule has 0 atom stereocenters. The van der Waals surface area contributed by atoms with E-state index >= 15 is 0 Å². The number of aromatic nitrogens is 2. The number of aldehydes is 1. The van der Waals surface area contributed by atoms with Crippen molar-refractivity contribution in [2.75, 3.05) is 11.5 Å². The molecule has 0 saturated carbocycles. The largest absolute Gasteiger partial charge is 0.382 e. The van der Waals surface area contributed by atoms with Crippen LogP contribution in [0.25, 0.3) is 0 Å². The molecule has 58 valence electrons. The minimum atomic E-state index is -0.0127. The van der Waals surface area contributed by atoms with E-state index < -0.39 is 0 Å². The van der Waals surface area contributed by atoms with Gasteiger partial charge in [0.25, 0.3) is 0 Å². The van der Waals surface area contributed by atoms with E-state index in [2.05, 4.69) is 9.97 Å². The van der Waals surface area contributed by atoms with E-state index in [1.54, 1.807) is 0 Å². The van der Waals surface area contributed by atoms with E-state index in [0.717, 1.165) is 0 Å². The summed E-state index contributed by atoms with van der Waals surface area (Å²) in [5.74, 6) is 0.0108. The fraction of sp³-hybridized carbons (Fsp3) is 0. The van der Waals surface area contributed by atoms with Crippen LogP contribution >= 0.6 is 11.6 Å². The van der Waals surface area contributed by atoms with Crippen LogP contribution in [0.5, 0.6) is 0 Å². The Morgan fingerprint density at radius 1 is 1.27 bits per heavy atom. The number of nitrogens with zero attached hydrogens (tertiary/aromatic N) is 2. The van der Waals surface area contributed by atoms with Gasteiger partial charge in [0.1, 0.15) is 5.69 Å². The maximum Gasteiger partial charge on any atom is 0.172 e. The number of carbonyl (C=O) groups excluding carboxylic acids is 1. The van der Waals surface area contributed by atoms with Gasteiger partial charge in [-0.05, 0) is 0 Å². The van der Waals surface area contributed by atoms with Crippen molar-refractivity contribution >= 4 is 29.5 Å². The van der Waals surface area contributed by atoms with Gasteiger partial charge < -0.3 is 11.5 Å². The number of nitrogens with two attached hydrogens (primary N) is 2. The second-order valence-corrected chi connectivity index (χ2v) is 2.15. The highest BCUT2D eigenvalue weighted by molar-refractivity contribution is 6.31. The Morgan fingerprint density at radius 2 is 1.91 bits per heavy atom. The molecule has 0 aromatic carbocycles. The summed E-state index contributed by atoms with van der Waals surface area (Å²) in [4.78, 5) is 17.4.